The zero-order chi connectivity index (χ0) is 21.1. The van der Waals surface area contributed by atoms with Crippen LogP contribution in [0.25, 0.3) is 0 Å². The number of rotatable bonds is 5. The highest BCUT2D eigenvalue weighted by molar-refractivity contribution is 5.47. The van der Waals surface area contributed by atoms with E-state index in [1.54, 1.807) is 19.2 Å². The van der Waals surface area contributed by atoms with E-state index >= 15 is 0 Å². The van der Waals surface area contributed by atoms with Crippen LogP contribution in [0.5, 0.6) is 5.75 Å². The van der Waals surface area contributed by atoms with Crippen molar-refractivity contribution in [1.29, 1.82) is 0 Å². The topological polar surface area (TPSA) is 39.2 Å². The molecule has 0 amide bonds. The number of methoxy groups -OCH3 is 1. The average Bonchev–Trinajstić information content (AvgIpc) is 2.75. The maximum absolute atomic E-state index is 13.5. The molecule has 30 heavy (non-hydrogen) atoms. The van der Waals surface area contributed by atoms with E-state index in [0.29, 0.717) is 25.4 Å². The van der Waals surface area contributed by atoms with Crippen LogP contribution in [0.2, 0.25) is 0 Å². The van der Waals surface area contributed by atoms with Crippen molar-refractivity contribution in [3.63, 3.8) is 0 Å². The first-order chi connectivity index (χ1) is 14.5. The highest BCUT2D eigenvalue weighted by Crippen LogP contribution is 2.30. The Bertz CT molecular complexity index is 837. The van der Waals surface area contributed by atoms with Gasteiger partial charge in [0.2, 0.25) is 0 Å². The van der Waals surface area contributed by atoms with Crippen molar-refractivity contribution in [2.24, 2.45) is 0 Å². The van der Waals surface area contributed by atoms with Crippen molar-refractivity contribution >= 4 is 5.69 Å². The van der Waals surface area contributed by atoms with E-state index in [9.17, 15) is 9.50 Å². The number of ether oxygens (including phenoxy) is 1. The second-order valence-electron chi connectivity index (χ2n) is 8.70. The van der Waals surface area contributed by atoms with Gasteiger partial charge < -0.3 is 14.7 Å². The number of β-amino-alcohol motifs (C(OH)–C–C–N with tert-alkyl or cyclic N) is 1. The van der Waals surface area contributed by atoms with Crippen molar-refractivity contribution in [1.82, 2.24) is 9.80 Å². The minimum absolute atomic E-state index is 0.213. The van der Waals surface area contributed by atoms with Crippen LogP contribution in [0, 0.1) is 5.82 Å². The molecule has 1 atom stereocenters. The summed E-state index contributed by atoms with van der Waals surface area (Å²) in [6, 6.07) is 15.3. The van der Waals surface area contributed by atoms with Gasteiger partial charge in [0.15, 0.2) is 0 Å². The fraction of sp³-hybridized carbons (Fsp3) is 0.500. The van der Waals surface area contributed by atoms with Gasteiger partial charge in [-0.2, -0.15) is 0 Å². The Kier molecular flexibility index (Phi) is 6.27. The number of piperidine rings is 1. The van der Waals surface area contributed by atoms with Gasteiger partial charge in [-0.25, -0.2) is 4.39 Å². The summed E-state index contributed by atoms with van der Waals surface area (Å²) in [5.74, 6) is 0.656. The lowest BCUT2D eigenvalue weighted by Crippen LogP contribution is -2.55. The van der Waals surface area contributed by atoms with E-state index in [0.717, 1.165) is 44.2 Å². The third-order valence-corrected chi connectivity index (χ3v) is 6.62. The lowest BCUT2D eigenvalue weighted by Gasteiger charge is -2.45. The van der Waals surface area contributed by atoms with Crippen molar-refractivity contribution in [3.8, 4) is 5.75 Å². The Balaban J connectivity index is 1.36. The van der Waals surface area contributed by atoms with Gasteiger partial charge in [0, 0.05) is 51.0 Å². The maximum Gasteiger partial charge on any atom is 0.125 e. The van der Waals surface area contributed by atoms with Crippen LogP contribution in [-0.2, 0) is 0 Å². The SMILES string of the molecule is COc1ccc([C@@H]2CN(CC3(O)CCN(c4cccc(F)c4)CC3)CCN2C)cc1. The second-order valence-corrected chi connectivity index (χ2v) is 8.70. The molecule has 162 valence electrons. The first kappa shape index (κ1) is 21.1. The van der Waals surface area contributed by atoms with Gasteiger partial charge >= 0.3 is 0 Å². The Morgan fingerprint density at radius 1 is 1.07 bits per heavy atom. The number of benzene rings is 2. The summed E-state index contributed by atoms with van der Waals surface area (Å²) in [6.45, 7) is 5.01. The fourth-order valence-electron chi connectivity index (χ4n) is 4.69. The maximum atomic E-state index is 13.5. The van der Waals surface area contributed by atoms with Crippen molar-refractivity contribution in [2.75, 3.05) is 58.3 Å². The molecule has 0 unspecified atom stereocenters. The van der Waals surface area contributed by atoms with Crippen LogP contribution in [0.15, 0.2) is 48.5 Å². The molecule has 2 fully saturated rings. The molecular weight excluding hydrogens is 381 g/mol. The summed E-state index contributed by atoms with van der Waals surface area (Å²) in [5.41, 5.74) is 1.48. The molecule has 2 aromatic carbocycles. The average molecular weight is 414 g/mol. The Morgan fingerprint density at radius 3 is 2.47 bits per heavy atom. The zero-order valence-electron chi connectivity index (χ0n) is 17.9. The van der Waals surface area contributed by atoms with Crippen LogP contribution < -0.4 is 9.64 Å². The summed E-state index contributed by atoms with van der Waals surface area (Å²) in [7, 11) is 3.85. The highest BCUT2D eigenvalue weighted by atomic mass is 19.1. The molecule has 4 rings (SSSR count). The zero-order valence-corrected chi connectivity index (χ0v) is 17.9. The van der Waals surface area contributed by atoms with Gasteiger partial charge in [0.05, 0.1) is 12.7 Å². The van der Waals surface area contributed by atoms with Gasteiger partial charge in [-0.15, -0.1) is 0 Å². The Labute approximate surface area is 178 Å². The van der Waals surface area contributed by atoms with Gasteiger partial charge in [0.25, 0.3) is 0 Å². The third kappa shape index (κ3) is 4.77. The van der Waals surface area contributed by atoms with E-state index in [1.165, 1.54) is 11.6 Å². The monoisotopic (exact) mass is 413 g/mol. The Hall–Kier alpha value is -2.15. The minimum atomic E-state index is -0.690. The molecule has 1 N–H and O–H groups in total. The number of nitrogens with zero attached hydrogens (tertiary/aromatic N) is 3. The lowest BCUT2D eigenvalue weighted by molar-refractivity contribution is -0.0335. The summed E-state index contributed by atoms with van der Waals surface area (Å²) in [5, 5.41) is 11.3. The Morgan fingerprint density at radius 2 is 1.80 bits per heavy atom. The molecule has 0 bridgehead atoms. The standard InChI is InChI=1S/C24H32FN3O2/c1-26-14-15-27(17-23(26)19-6-8-22(30-2)9-7-19)18-24(29)10-12-28(13-11-24)21-5-3-4-20(25)16-21/h3-9,16,23,29H,10-15,17-18H2,1-2H3/t23-/m0/s1. The quantitative estimate of drug-likeness (QED) is 0.815. The number of hydrogen-bond acceptors (Lipinski definition) is 5. The smallest absolute Gasteiger partial charge is 0.125 e. The summed E-state index contributed by atoms with van der Waals surface area (Å²) in [4.78, 5) is 6.95. The molecule has 0 aliphatic carbocycles. The number of anilines is 1. The second kappa shape index (κ2) is 8.92. The summed E-state index contributed by atoms with van der Waals surface area (Å²) >= 11 is 0. The largest absolute Gasteiger partial charge is 0.497 e. The molecule has 0 aromatic heterocycles. The molecule has 2 heterocycles. The highest BCUT2D eigenvalue weighted by Gasteiger charge is 2.36. The van der Waals surface area contributed by atoms with E-state index < -0.39 is 5.60 Å². The van der Waals surface area contributed by atoms with E-state index in [-0.39, 0.29) is 5.82 Å². The molecule has 2 saturated heterocycles. The van der Waals surface area contributed by atoms with Gasteiger partial charge in [-0.05, 0) is 55.8 Å². The molecule has 0 saturated carbocycles. The number of aliphatic hydroxyl groups is 1. The summed E-state index contributed by atoms with van der Waals surface area (Å²) in [6.07, 6.45) is 1.39. The fourth-order valence-corrected chi connectivity index (χ4v) is 4.69. The predicted molar refractivity (Wildman–Crippen MR) is 118 cm³/mol. The van der Waals surface area contributed by atoms with Crippen LogP contribution >= 0.6 is 0 Å². The summed E-state index contributed by atoms with van der Waals surface area (Å²) < 4.78 is 18.8. The minimum Gasteiger partial charge on any atom is -0.497 e. The van der Waals surface area contributed by atoms with Crippen LogP contribution in [-0.4, -0.2) is 73.9 Å². The third-order valence-electron chi connectivity index (χ3n) is 6.62. The molecule has 2 aliphatic rings. The molecule has 6 heteroatoms. The number of hydrogen-bond donors (Lipinski definition) is 1. The van der Waals surface area contributed by atoms with Crippen molar-refractivity contribution < 1.29 is 14.2 Å². The van der Waals surface area contributed by atoms with Gasteiger partial charge in [-0.3, -0.25) is 9.80 Å². The van der Waals surface area contributed by atoms with E-state index in [1.807, 2.05) is 18.2 Å². The lowest BCUT2D eigenvalue weighted by atomic mass is 9.89. The van der Waals surface area contributed by atoms with Crippen molar-refractivity contribution in [3.05, 3.63) is 59.9 Å². The molecule has 5 nitrogen and oxygen atoms in total. The number of likely N-dealkylation sites (N-methyl/N-ethyl adjacent to an activating group) is 1. The molecule has 2 aliphatic heterocycles. The van der Waals surface area contributed by atoms with E-state index in [4.69, 9.17) is 4.74 Å². The normalized spacial score (nSPS) is 22.8. The molecule has 0 radical (unpaired) electrons. The number of piperazine rings is 1. The predicted octanol–water partition coefficient (Wildman–Crippen LogP) is 3.15. The van der Waals surface area contributed by atoms with Crippen LogP contribution in [0.1, 0.15) is 24.4 Å². The molecule has 0 spiro atoms. The first-order valence-corrected chi connectivity index (χ1v) is 10.8. The number of halogens is 1. The van der Waals surface area contributed by atoms with Gasteiger partial charge in [-0.1, -0.05) is 18.2 Å². The van der Waals surface area contributed by atoms with E-state index in [2.05, 4.69) is 33.9 Å². The van der Waals surface area contributed by atoms with Gasteiger partial charge in [0.1, 0.15) is 11.6 Å². The molecular formula is C24H32FN3O2. The first-order valence-electron chi connectivity index (χ1n) is 10.8. The van der Waals surface area contributed by atoms with Crippen LogP contribution in [0.3, 0.4) is 0 Å². The van der Waals surface area contributed by atoms with Crippen LogP contribution in [0.4, 0.5) is 10.1 Å². The molecule has 2 aromatic rings. The van der Waals surface area contributed by atoms with Crippen molar-refractivity contribution in [2.45, 2.75) is 24.5 Å².